The molecule has 0 aliphatic rings. The molecule has 0 amide bonds. The van der Waals surface area contributed by atoms with Crippen LogP contribution in [0, 0.1) is 0 Å². The van der Waals surface area contributed by atoms with Gasteiger partial charge in [-0.25, -0.2) is 0 Å². The van der Waals surface area contributed by atoms with E-state index in [1.54, 1.807) is 34.8 Å². The molecule has 12 heavy (non-hydrogen) atoms. The summed E-state index contributed by atoms with van der Waals surface area (Å²) >= 11 is 4.05. The molecule has 0 rings (SSSR count). The lowest BCUT2D eigenvalue weighted by Gasteiger charge is -2.19. The van der Waals surface area contributed by atoms with Crippen molar-refractivity contribution in [3.05, 3.63) is 0 Å². The fourth-order valence-corrected chi connectivity index (χ4v) is 8.29. The first-order valence-electron chi connectivity index (χ1n) is 3.49. The van der Waals surface area contributed by atoms with Gasteiger partial charge in [0.05, 0.1) is 4.87 Å². The van der Waals surface area contributed by atoms with Gasteiger partial charge in [-0.1, -0.05) is 29.4 Å². The van der Waals surface area contributed by atoms with Gasteiger partial charge in [-0.2, -0.15) is 0 Å². The van der Waals surface area contributed by atoms with Crippen LogP contribution in [0.25, 0.3) is 0 Å². The minimum Gasteiger partial charge on any atom is -0.399 e. The summed E-state index contributed by atoms with van der Waals surface area (Å²) < 4.78 is 10.6. The molecular weight excluding hydrogens is 248 g/mol. The van der Waals surface area contributed by atoms with Crippen molar-refractivity contribution in [3.63, 3.8) is 0 Å². The van der Waals surface area contributed by atoms with Crippen LogP contribution in [0.4, 0.5) is 0 Å². The van der Waals surface area contributed by atoms with Gasteiger partial charge in [0, 0.05) is 14.2 Å². The van der Waals surface area contributed by atoms with E-state index < -0.39 is 9.28 Å². The van der Waals surface area contributed by atoms with E-state index in [2.05, 4.69) is 18.6 Å². The average Bonchev–Trinajstić information content (AvgIpc) is 2.12. The molecule has 0 fully saturated rings. The molecule has 0 aromatic heterocycles. The SMILES string of the molecule is CCC(SSSS)[SiH](OC)OC. The molecule has 1 unspecified atom stereocenters. The Morgan fingerprint density at radius 2 is 2.00 bits per heavy atom. The summed E-state index contributed by atoms with van der Waals surface area (Å²) in [6.07, 6.45) is 1.09. The Balaban J connectivity index is 3.75. The van der Waals surface area contributed by atoms with Crippen molar-refractivity contribution in [1.29, 1.82) is 0 Å². The number of rotatable bonds is 7. The van der Waals surface area contributed by atoms with Crippen LogP contribution in [0.2, 0.25) is 0 Å². The van der Waals surface area contributed by atoms with Crippen LogP contribution in [-0.4, -0.2) is 28.4 Å². The van der Waals surface area contributed by atoms with E-state index in [4.69, 9.17) is 8.85 Å². The predicted molar refractivity (Wildman–Crippen MR) is 67.0 cm³/mol. The zero-order chi connectivity index (χ0) is 9.40. The molecule has 1 atom stereocenters. The number of hydrogen-bond donors (Lipinski definition) is 1. The Morgan fingerprint density at radius 3 is 2.33 bits per heavy atom. The van der Waals surface area contributed by atoms with Gasteiger partial charge in [0.25, 0.3) is 0 Å². The van der Waals surface area contributed by atoms with E-state index in [-0.39, 0.29) is 0 Å². The van der Waals surface area contributed by atoms with Crippen molar-refractivity contribution in [2.24, 2.45) is 0 Å². The summed E-state index contributed by atoms with van der Waals surface area (Å²) in [5.74, 6) is 0. The van der Waals surface area contributed by atoms with E-state index >= 15 is 0 Å². The summed E-state index contributed by atoms with van der Waals surface area (Å²) in [5, 5.41) is 0. The van der Waals surface area contributed by atoms with Crippen LogP contribution in [0.1, 0.15) is 13.3 Å². The quantitative estimate of drug-likeness (QED) is 0.431. The van der Waals surface area contributed by atoms with Gasteiger partial charge in [-0.15, -0.1) is 0 Å². The van der Waals surface area contributed by atoms with E-state index in [9.17, 15) is 0 Å². The normalized spacial score (nSPS) is 13.8. The third-order valence-corrected chi connectivity index (χ3v) is 9.82. The lowest BCUT2D eigenvalue weighted by molar-refractivity contribution is 0.275. The van der Waals surface area contributed by atoms with Crippen LogP contribution in [0.3, 0.4) is 0 Å². The van der Waals surface area contributed by atoms with Crippen molar-refractivity contribution in [1.82, 2.24) is 0 Å². The molecule has 0 spiro atoms. The van der Waals surface area contributed by atoms with Gasteiger partial charge >= 0.3 is 9.28 Å². The van der Waals surface area contributed by atoms with Crippen molar-refractivity contribution in [2.75, 3.05) is 14.2 Å². The fourth-order valence-electron chi connectivity index (χ4n) is 0.774. The van der Waals surface area contributed by atoms with Crippen molar-refractivity contribution in [2.45, 2.75) is 18.2 Å². The van der Waals surface area contributed by atoms with Crippen LogP contribution < -0.4 is 0 Å². The predicted octanol–water partition coefficient (Wildman–Crippen LogP) is 2.69. The second-order valence-corrected chi connectivity index (χ2v) is 10.1. The van der Waals surface area contributed by atoms with Crippen LogP contribution in [-0.2, 0) is 8.85 Å². The summed E-state index contributed by atoms with van der Waals surface area (Å²) in [4.78, 5) is 0.504. The average molecular weight is 263 g/mol. The second-order valence-electron chi connectivity index (χ2n) is 2.03. The highest BCUT2D eigenvalue weighted by atomic mass is 33.7. The van der Waals surface area contributed by atoms with E-state index in [1.807, 2.05) is 0 Å². The number of hydrogen-bond acceptors (Lipinski definition) is 6. The monoisotopic (exact) mass is 262 g/mol. The minimum absolute atomic E-state index is 0.504. The molecule has 0 heterocycles. The van der Waals surface area contributed by atoms with E-state index in [0.717, 1.165) is 6.42 Å². The molecule has 0 radical (unpaired) electrons. The Kier molecular flexibility index (Phi) is 10.3. The maximum Gasteiger partial charge on any atom is 0.335 e. The third kappa shape index (κ3) is 5.31. The molecule has 2 nitrogen and oxygen atoms in total. The van der Waals surface area contributed by atoms with Crippen molar-refractivity contribution >= 4 is 51.4 Å². The fraction of sp³-hybridized carbons (Fsp3) is 1.00. The summed E-state index contributed by atoms with van der Waals surface area (Å²) in [6.45, 7) is 2.15. The van der Waals surface area contributed by atoms with Crippen molar-refractivity contribution in [3.8, 4) is 0 Å². The van der Waals surface area contributed by atoms with Crippen LogP contribution in [0.5, 0.6) is 0 Å². The standard InChI is InChI=1S/C5H14O2S4Si/c1-4-5(9-11-10-8)12(6-2)7-3/h5,8,12H,4H2,1-3H3. The molecule has 0 aliphatic carbocycles. The zero-order valence-electron chi connectivity index (χ0n) is 7.35. The topological polar surface area (TPSA) is 18.5 Å². The first-order chi connectivity index (χ1) is 5.79. The molecule has 0 aliphatic heterocycles. The number of thiol groups is 1. The molecule has 0 aromatic rings. The van der Waals surface area contributed by atoms with Crippen LogP contribution in [0.15, 0.2) is 0 Å². The van der Waals surface area contributed by atoms with Gasteiger partial charge in [0.2, 0.25) is 0 Å². The summed E-state index contributed by atoms with van der Waals surface area (Å²) in [7, 11) is 6.94. The van der Waals surface area contributed by atoms with Gasteiger partial charge in [0.1, 0.15) is 0 Å². The van der Waals surface area contributed by atoms with Crippen molar-refractivity contribution < 1.29 is 8.85 Å². The Morgan fingerprint density at radius 1 is 1.42 bits per heavy atom. The first-order valence-corrected chi connectivity index (χ1v) is 9.70. The molecule has 0 saturated carbocycles. The van der Waals surface area contributed by atoms with E-state index in [0.29, 0.717) is 4.87 Å². The first kappa shape index (κ1) is 13.5. The highest BCUT2D eigenvalue weighted by Gasteiger charge is 2.23. The summed E-state index contributed by atoms with van der Waals surface area (Å²) in [6, 6.07) is 0. The molecule has 0 aromatic carbocycles. The third-order valence-electron chi connectivity index (χ3n) is 1.36. The lowest BCUT2D eigenvalue weighted by atomic mass is 10.6. The minimum atomic E-state index is -1.44. The van der Waals surface area contributed by atoms with Gasteiger partial charge in [0.15, 0.2) is 0 Å². The Labute approximate surface area is 92.4 Å². The highest BCUT2D eigenvalue weighted by molar-refractivity contribution is 9.24. The molecule has 7 heteroatoms. The maximum absolute atomic E-state index is 5.30. The van der Waals surface area contributed by atoms with Crippen LogP contribution >= 0.6 is 42.1 Å². The smallest absolute Gasteiger partial charge is 0.335 e. The molecule has 0 bridgehead atoms. The van der Waals surface area contributed by atoms with Gasteiger partial charge in [-0.05, 0) is 26.1 Å². The van der Waals surface area contributed by atoms with E-state index in [1.165, 1.54) is 9.83 Å². The second kappa shape index (κ2) is 9.11. The molecular formula is C5H14O2S4Si. The molecule has 0 saturated heterocycles. The Bertz CT molecular complexity index is 103. The highest BCUT2D eigenvalue weighted by Crippen LogP contribution is 2.41. The molecule has 0 N–H and O–H groups in total. The van der Waals surface area contributed by atoms with Gasteiger partial charge in [-0.3, -0.25) is 0 Å². The maximum atomic E-state index is 5.30. The summed E-state index contributed by atoms with van der Waals surface area (Å²) in [5.41, 5.74) is 0. The largest absolute Gasteiger partial charge is 0.399 e. The lowest BCUT2D eigenvalue weighted by Crippen LogP contribution is -2.32. The molecule has 74 valence electrons. The Hall–Kier alpha value is 1.54. The zero-order valence-corrected chi connectivity index (χ0v) is 11.8. The van der Waals surface area contributed by atoms with Gasteiger partial charge < -0.3 is 8.85 Å².